The van der Waals surface area contributed by atoms with E-state index in [-0.39, 0.29) is 22.0 Å². The minimum atomic E-state index is -0.663. The molecule has 116 valence electrons. The molecule has 0 unspecified atom stereocenters. The number of halogens is 1. The number of nitro groups is 1. The van der Waals surface area contributed by atoms with Crippen molar-refractivity contribution in [3.63, 3.8) is 0 Å². The Hall–Kier alpha value is -2.71. The average Bonchev–Trinajstić information content (AvgIpc) is 2.94. The van der Waals surface area contributed by atoms with Crippen molar-refractivity contribution in [2.45, 2.75) is 0 Å². The van der Waals surface area contributed by atoms with Gasteiger partial charge < -0.3 is 11.1 Å². The van der Waals surface area contributed by atoms with Crippen LogP contribution in [0.4, 0.5) is 17.1 Å². The minimum absolute atomic E-state index is 0.0223. The first-order valence-electron chi connectivity index (χ1n) is 6.33. The Morgan fingerprint density at radius 2 is 2.13 bits per heavy atom. The smallest absolute Gasteiger partial charge is 0.293 e. The summed E-state index contributed by atoms with van der Waals surface area (Å²) in [6, 6.07) is 7.52. The van der Waals surface area contributed by atoms with Crippen molar-refractivity contribution in [3.8, 4) is 0 Å². The molecular weight excluding hydrogens is 340 g/mol. The zero-order valence-corrected chi connectivity index (χ0v) is 13.0. The van der Waals surface area contributed by atoms with Crippen molar-refractivity contribution in [2.75, 3.05) is 11.1 Å². The van der Waals surface area contributed by atoms with Crippen molar-refractivity contribution in [2.24, 2.45) is 0 Å². The third-order valence-electron chi connectivity index (χ3n) is 3.15. The fraction of sp³-hybridized carbons (Fsp3) is 0. The highest BCUT2D eigenvalue weighted by atomic mass is 35.5. The number of amides is 1. The number of carbonyl (C=O) groups is 1. The number of nitro benzene ring substituents is 1. The lowest BCUT2D eigenvalue weighted by Gasteiger charge is -2.08. The van der Waals surface area contributed by atoms with E-state index in [9.17, 15) is 14.9 Å². The second-order valence-electron chi connectivity index (χ2n) is 4.64. The molecule has 23 heavy (non-hydrogen) atoms. The van der Waals surface area contributed by atoms with Crippen LogP contribution >= 0.6 is 22.9 Å². The van der Waals surface area contributed by atoms with Crippen molar-refractivity contribution >= 4 is 56.1 Å². The molecule has 0 aliphatic rings. The largest absolute Gasteiger partial charge is 0.393 e. The lowest BCUT2D eigenvalue weighted by atomic mass is 10.1. The number of nitrogen functional groups attached to an aromatic ring is 1. The maximum atomic E-state index is 12.3. The molecule has 0 saturated carbocycles. The monoisotopic (exact) mass is 348 g/mol. The van der Waals surface area contributed by atoms with E-state index in [2.05, 4.69) is 10.3 Å². The summed E-state index contributed by atoms with van der Waals surface area (Å²) in [7, 11) is 0. The Balaban J connectivity index is 1.93. The molecule has 9 heteroatoms. The molecule has 3 rings (SSSR count). The number of nitrogens with zero attached hydrogens (tertiary/aromatic N) is 2. The summed E-state index contributed by atoms with van der Waals surface area (Å²) in [5, 5.41) is 13.6. The SMILES string of the molecule is Nc1cc(Cl)c(C(=O)Nc2ccc3scnc3c2)cc1[N+](=O)[O-]. The summed E-state index contributed by atoms with van der Waals surface area (Å²) < 4.78 is 0.990. The van der Waals surface area contributed by atoms with Crippen LogP contribution in [0.5, 0.6) is 0 Å². The van der Waals surface area contributed by atoms with Gasteiger partial charge in [-0.2, -0.15) is 0 Å². The van der Waals surface area contributed by atoms with E-state index in [1.807, 2.05) is 6.07 Å². The maximum absolute atomic E-state index is 12.3. The van der Waals surface area contributed by atoms with Crippen LogP contribution in [0.2, 0.25) is 5.02 Å². The van der Waals surface area contributed by atoms with Crippen LogP contribution in [0.25, 0.3) is 10.2 Å². The lowest BCUT2D eigenvalue weighted by Crippen LogP contribution is -2.13. The molecule has 1 heterocycles. The summed E-state index contributed by atoms with van der Waals surface area (Å²) >= 11 is 7.46. The summed E-state index contributed by atoms with van der Waals surface area (Å²) in [5.74, 6) is -0.562. The van der Waals surface area contributed by atoms with E-state index >= 15 is 0 Å². The number of benzene rings is 2. The number of aromatic nitrogens is 1. The molecule has 0 atom stereocenters. The highest BCUT2D eigenvalue weighted by Crippen LogP contribution is 2.30. The van der Waals surface area contributed by atoms with E-state index in [0.717, 1.165) is 16.3 Å². The summed E-state index contributed by atoms with van der Waals surface area (Å²) in [6.07, 6.45) is 0. The molecule has 2 aromatic carbocycles. The highest BCUT2D eigenvalue weighted by Gasteiger charge is 2.20. The molecule has 3 aromatic rings. The minimum Gasteiger partial charge on any atom is -0.393 e. The van der Waals surface area contributed by atoms with Gasteiger partial charge in [0.05, 0.1) is 31.2 Å². The Kier molecular flexibility index (Phi) is 3.85. The molecule has 0 fully saturated rings. The van der Waals surface area contributed by atoms with Crippen LogP contribution in [0.15, 0.2) is 35.8 Å². The van der Waals surface area contributed by atoms with Crippen molar-refractivity contribution in [1.82, 2.24) is 4.98 Å². The Morgan fingerprint density at radius 3 is 2.87 bits per heavy atom. The molecule has 0 saturated heterocycles. The van der Waals surface area contributed by atoms with Gasteiger partial charge in [0, 0.05) is 11.8 Å². The van der Waals surface area contributed by atoms with Gasteiger partial charge in [0.15, 0.2) is 0 Å². The molecule has 0 radical (unpaired) electrons. The standard InChI is InChI=1S/C14H9ClN4O3S/c15-9-5-10(16)12(19(21)22)4-8(9)14(20)18-7-1-2-13-11(3-7)17-6-23-13/h1-6H,16H2,(H,18,20). The third-order valence-corrected chi connectivity index (χ3v) is 4.27. The van der Waals surface area contributed by atoms with Gasteiger partial charge in [0.1, 0.15) is 5.69 Å². The van der Waals surface area contributed by atoms with Gasteiger partial charge in [-0.1, -0.05) is 11.6 Å². The molecule has 7 nitrogen and oxygen atoms in total. The summed E-state index contributed by atoms with van der Waals surface area (Å²) in [4.78, 5) is 26.7. The van der Waals surface area contributed by atoms with Gasteiger partial charge in [0.2, 0.25) is 0 Å². The summed E-state index contributed by atoms with van der Waals surface area (Å²) in [6.45, 7) is 0. The van der Waals surface area contributed by atoms with E-state index < -0.39 is 10.8 Å². The molecule has 0 spiro atoms. The fourth-order valence-corrected chi connectivity index (χ4v) is 2.96. The third kappa shape index (κ3) is 2.94. The number of hydrogen-bond donors (Lipinski definition) is 2. The predicted octanol–water partition coefficient (Wildman–Crippen LogP) is 3.69. The highest BCUT2D eigenvalue weighted by molar-refractivity contribution is 7.16. The number of nitrogens with two attached hydrogens (primary N) is 1. The van der Waals surface area contributed by atoms with Gasteiger partial charge in [-0.05, 0) is 24.3 Å². The van der Waals surface area contributed by atoms with E-state index in [4.69, 9.17) is 17.3 Å². The number of nitrogens with one attached hydrogen (secondary N) is 1. The molecule has 1 amide bonds. The topological polar surface area (TPSA) is 111 Å². The maximum Gasteiger partial charge on any atom is 0.293 e. The van der Waals surface area contributed by atoms with Gasteiger partial charge in [0.25, 0.3) is 11.6 Å². The quantitative estimate of drug-likeness (QED) is 0.426. The van der Waals surface area contributed by atoms with E-state index in [0.29, 0.717) is 5.69 Å². The predicted molar refractivity (Wildman–Crippen MR) is 90.1 cm³/mol. The zero-order chi connectivity index (χ0) is 16.6. The fourth-order valence-electron chi connectivity index (χ4n) is 2.04. The van der Waals surface area contributed by atoms with Crippen LogP contribution in [0.3, 0.4) is 0 Å². The summed E-state index contributed by atoms with van der Waals surface area (Å²) in [5.41, 5.74) is 8.02. The van der Waals surface area contributed by atoms with Crippen LogP contribution in [-0.2, 0) is 0 Å². The van der Waals surface area contributed by atoms with Gasteiger partial charge >= 0.3 is 0 Å². The van der Waals surface area contributed by atoms with Crippen LogP contribution in [0.1, 0.15) is 10.4 Å². The molecule has 1 aromatic heterocycles. The first-order chi connectivity index (χ1) is 11.0. The van der Waals surface area contributed by atoms with Crippen LogP contribution < -0.4 is 11.1 Å². The molecule has 0 aliphatic carbocycles. The number of hydrogen-bond acceptors (Lipinski definition) is 6. The van der Waals surface area contributed by atoms with Crippen LogP contribution in [0, 0.1) is 10.1 Å². The van der Waals surface area contributed by atoms with E-state index in [1.165, 1.54) is 17.4 Å². The first kappa shape index (κ1) is 15.2. The first-order valence-corrected chi connectivity index (χ1v) is 7.59. The second kappa shape index (κ2) is 5.82. The Bertz CT molecular complexity index is 941. The molecule has 0 bridgehead atoms. The number of fused-ring (bicyclic) bond motifs is 1. The van der Waals surface area contributed by atoms with Gasteiger partial charge in [-0.15, -0.1) is 11.3 Å². The zero-order valence-electron chi connectivity index (χ0n) is 11.4. The number of rotatable bonds is 3. The normalized spacial score (nSPS) is 10.7. The van der Waals surface area contributed by atoms with Gasteiger partial charge in [-0.3, -0.25) is 14.9 Å². The Morgan fingerprint density at radius 1 is 1.35 bits per heavy atom. The van der Waals surface area contributed by atoms with Crippen molar-refractivity contribution in [3.05, 3.63) is 56.5 Å². The Labute approximate surface area is 138 Å². The van der Waals surface area contributed by atoms with Crippen molar-refractivity contribution < 1.29 is 9.72 Å². The van der Waals surface area contributed by atoms with E-state index in [1.54, 1.807) is 17.6 Å². The van der Waals surface area contributed by atoms with Crippen LogP contribution in [-0.4, -0.2) is 15.8 Å². The number of thiazole rings is 1. The molecule has 3 N–H and O–H groups in total. The molecular formula is C14H9ClN4O3S. The number of carbonyl (C=O) groups excluding carboxylic acids is 1. The number of anilines is 2. The van der Waals surface area contributed by atoms with Crippen molar-refractivity contribution in [1.29, 1.82) is 0 Å². The average molecular weight is 349 g/mol. The molecule has 0 aliphatic heterocycles. The van der Waals surface area contributed by atoms with Gasteiger partial charge in [-0.25, -0.2) is 4.98 Å². The second-order valence-corrected chi connectivity index (χ2v) is 5.93. The lowest BCUT2D eigenvalue weighted by molar-refractivity contribution is -0.383.